The van der Waals surface area contributed by atoms with E-state index >= 15 is 0 Å². The molecular weight excluding hydrogens is 319 g/mol. The Balaban J connectivity index is 2.21. The number of benzene rings is 1. The number of rotatable bonds is 5. The number of aromatic nitrogens is 1. The highest BCUT2D eigenvalue weighted by Gasteiger charge is 2.16. The fourth-order valence-corrected chi connectivity index (χ4v) is 2.61. The molecule has 0 aliphatic heterocycles. The van der Waals surface area contributed by atoms with E-state index in [2.05, 4.69) is 0 Å². The highest BCUT2D eigenvalue weighted by atomic mass is 35.5. The number of amides is 1. The molecule has 2 rings (SSSR count). The molecule has 0 radical (unpaired) electrons. The van der Waals surface area contributed by atoms with Gasteiger partial charge in [-0.15, -0.1) is 0 Å². The Morgan fingerprint density at radius 2 is 1.86 bits per heavy atom. The third-order valence-corrected chi connectivity index (χ3v) is 4.24. The maximum absolute atomic E-state index is 12.4. The van der Waals surface area contributed by atoms with E-state index in [4.69, 9.17) is 23.2 Å². The quantitative estimate of drug-likeness (QED) is 0.761. The lowest BCUT2D eigenvalue weighted by Gasteiger charge is -2.17. The fourth-order valence-electron chi connectivity index (χ4n) is 2.29. The van der Waals surface area contributed by atoms with Gasteiger partial charge in [-0.1, -0.05) is 29.3 Å². The molecule has 22 heavy (non-hydrogen) atoms. The first-order valence-electron chi connectivity index (χ1n) is 7.27. The van der Waals surface area contributed by atoms with Gasteiger partial charge in [-0.3, -0.25) is 4.79 Å². The van der Waals surface area contributed by atoms with E-state index in [0.717, 1.165) is 5.56 Å². The van der Waals surface area contributed by atoms with Gasteiger partial charge >= 0.3 is 0 Å². The molecule has 116 valence electrons. The molecule has 1 heterocycles. The molecule has 0 unspecified atom stereocenters. The smallest absolute Gasteiger partial charge is 0.259 e. The number of carbonyl (C=O) groups excluding carboxylic acids is 1. The van der Waals surface area contributed by atoms with E-state index in [0.29, 0.717) is 35.2 Å². The summed E-state index contributed by atoms with van der Waals surface area (Å²) in [7, 11) is 0. The fraction of sp³-hybridized carbons (Fsp3) is 0.294. The second kappa shape index (κ2) is 7.61. The van der Waals surface area contributed by atoms with E-state index < -0.39 is 0 Å². The number of hydrogen-bond acceptors (Lipinski definition) is 1. The first-order chi connectivity index (χ1) is 10.5. The van der Waals surface area contributed by atoms with Gasteiger partial charge in [-0.2, -0.15) is 4.57 Å². The largest absolute Gasteiger partial charge is 0.339 e. The Kier molecular flexibility index (Phi) is 5.81. The van der Waals surface area contributed by atoms with Crippen LogP contribution in [-0.4, -0.2) is 23.9 Å². The first-order valence-corrected chi connectivity index (χ1v) is 8.03. The summed E-state index contributed by atoms with van der Waals surface area (Å²) < 4.78 is 1.97. The van der Waals surface area contributed by atoms with Crippen LogP contribution >= 0.6 is 23.2 Å². The van der Waals surface area contributed by atoms with Crippen molar-refractivity contribution in [2.24, 2.45) is 0 Å². The summed E-state index contributed by atoms with van der Waals surface area (Å²) in [6, 6.07) is 9.28. The number of halogens is 2. The third kappa shape index (κ3) is 3.99. The molecule has 1 aromatic carbocycles. The van der Waals surface area contributed by atoms with E-state index in [1.54, 1.807) is 11.0 Å². The Bertz CT molecular complexity index is 669. The van der Waals surface area contributed by atoms with Crippen molar-refractivity contribution in [3.8, 4) is 0 Å². The molecule has 5 heteroatoms. The van der Waals surface area contributed by atoms with Crippen molar-refractivity contribution in [1.29, 1.82) is 0 Å². The Morgan fingerprint density at radius 3 is 2.50 bits per heavy atom. The van der Waals surface area contributed by atoms with Gasteiger partial charge in [-0.05, 0) is 32.0 Å². The predicted molar refractivity (Wildman–Crippen MR) is 89.5 cm³/mol. The van der Waals surface area contributed by atoms with Crippen LogP contribution in [0, 0.1) is 0 Å². The normalized spacial score (nSPS) is 10.5. The van der Waals surface area contributed by atoms with Crippen LogP contribution < -0.4 is 4.57 Å². The molecule has 0 N–H and O–H groups in total. The molecule has 2 aromatic rings. The summed E-state index contributed by atoms with van der Waals surface area (Å²) in [5.74, 6) is 0.0495. The van der Waals surface area contributed by atoms with Crippen LogP contribution in [0.4, 0.5) is 0 Å². The van der Waals surface area contributed by atoms with Gasteiger partial charge in [0.15, 0.2) is 18.9 Å². The molecule has 0 fully saturated rings. The zero-order chi connectivity index (χ0) is 16.1. The predicted octanol–water partition coefficient (Wildman–Crippen LogP) is 3.81. The van der Waals surface area contributed by atoms with Gasteiger partial charge in [-0.25, -0.2) is 0 Å². The summed E-state index contributed by atoms with van der Waals surface area (Å²) in [5.41, 5.74) is 1.72. The SMILES string of the molecule is CCN(CC)C(=O)c1ccc[n+](Cc2ccc(Cl)c(Cl)c2)c1. The maximum Gasteiger partial charge on any atom is 0.259 e. The van der Waals surface area contributed by atoms with Crippen LogP contribution in [0.2, 0.25) is 10.0 Å². The van der Waals surface area contributed by atoms with Gasteiger partial charge in [0.1, 0.15) is 5.56 Å². The van der Waals surface area contributed by atoms with Crippen molar-refractivity contribution in [2.75, 3.05) is 13.1 Å². The standard InChI is InChI=1S/C17H19Cl2N2O/c1-3-21(4-2)17(22)14-6-5-9-20(12-14)11-13-7-8-15(18)16(19)10-13/h5-10,12H,3-4,11H2,1-2H3/q+1. The average Bonchev–Trinajstić information content (AvgIpc) is 2.52. The molecule has 0 bridgehead atoms. The van der Waals surface area contributed by atoms with Crippen molar-refractivity contribution >= 4 is 29.1 Å². The minimum Gasteiger partial charge on any atom is -0.339 e. The van der Waals surface area contributed by atoms with Crippen LogP contribution in [0.25, 0.3) is 0 Å². The van der Waals surface area contributed by atoms with Crippen molar-refractivity contribution < 1.29 is 9.36 Å². The number of hydrogen-bond donors (Lipinski definition) is 0. The minimum absolute atomic E-state index is 0.0495. The molecule has 0 aliphatic rings. The lowest BCUT2D eigenvalue weighted by Crippen LogP contribution is -2.37. The summed E-state index contributed by atoms with van der Waals surface area (Å²) in [6.45, 7) is 6.01. The Labute approximate surface area is 141 Å². The molecule has 3 nitrogen and oxygen atoms in total. The van der Waals surface area contributed by atoms with Crippen molar-refractivity contribution in [3.05, 3.63) is 63.9 Å². The third-order valence-electron chi connectivity index (χ3n) is 3.50. The molecule has 0 atom stereocenters. The van der Waals surface area contributed by atoms with Crippen molar-refractivity contribution in [1.82, 2.24) is 4.90 Å². The minimum atomic E-state index is 0.0495. The lowest BCUT2D eigenvalue weighted by atomic mass is 10.2. The maximum atomic E-state index is 12.4. The zero-order valence-corrected chi connectivity index (χ0v) is 14.2. The van der Waals surface area contributed by atoms with Gasteiger partial charge in [0.2, 0.25) is 0 Å². The van der Waals surface area contributed by atoms with E-state index in [9.17, 15) is 4.79 Å². The van der Waals surface area contributed by atoms with Crippen molar-refractivity contribution in [3.63, 3.8) is 0 Å². The Morgan fingerprint density at radius 1 is 1.14 bits per heavy atom. The average molecular weight is 338 g/mol. The van der Waals surface area contributed by atoms with Gasteiger partial charge < -0.3 is 4.90 Å². The van der Waals surface area contributed by atoms with Gasteiger partial charge in [0, 0.05) is 24.7 Å². The van der Waals surface area contributed by atoms with Crippen LogP contribution in [0.3, 0.4) is 0 Å². The van der Waals surface area contributed by atoms with Crippen LogP contribution in [-0.2, 0) is 6.54 Å². The number of pyridine rings is 1. The van der Waals surface area contributed by atoms with Crippen LogP contribution in [0.5, 0.6) is 0 Å². The summed E-state index contributed by atoms with van der Waals surface area (Å²) in [5, 5.41) is 1.08. The molecule has 0 saturated heterocycles. The summed E-state index contributed by atoms with van der Waals surface area (Å²) in [6.07, 6.45) is 3.80. The van der Waals surface area contributed by atoms with E-state index in [1.807, 2.05) is 55.1 Å². The van der Waals surface area contributed by atoms with Crippen molar-refractivity contribution in [2.45, 2.75) is 20.4 Å². The van der Waals surface area contributed by atoms with E-state index in [1.165, 1.54) is 0 Å². The monoisotopic (exact) mass is 337 g/mol. The van der Waals surface area contributed by atoms with E-state index in [-0.39, 0.29) is 5.91 Å². The molecule has 0 spiro atoms. The van der Waals surface area contributed by atoms with Crippen LogP contribution in [0.1, 0.15) is 29.8 Å². The van der Waals surface area contributed by atoms with Gasteiger partial charge in [0.25, 0.3) is 5.91 Å². The summed E-state index contributed by atoms with van der Waals surface area (Å²) in [4.78, 5) is 14.2. The summed E-state index contributed by atoms with van der Waals surface area (Å²) >= 11 is 12.0. The molecule has 0 saturated carbocycles. The molecule has 1 aromatic heterocycles. The molecule has 0 aliphatic carbocycles. The number of carbonyl (C=O) groups is 1. The number of nitrogens with zero attached hydrogens (tertiary/aromatic N) is 2. The topological polar surface area (TPSA) is 24.2 Å². The lowest BCUT2D eigenvalue weighted by molar-refractivity contribution is -0.688. The molecular formula is C17H19Cl2N2O+. The zero-order valence-electron chi connectivity index (χ0n) is 12.7. The molecule has 1 amide bonds. The highest BCUT2D eigenvalue weighted by Crippen LogP contribution is 2.22. The van der Waals surface area contributed by atoms with Crippen LogP contribution in [0.15, 0.2) is 42.7 Å². The Hall–Kier alpha value is -1.58. The van der Waals surface area contributed by atoms with Gasteiger partial charge in [0.05, 0.1) is 10.0 Å². The second-order valence-corrected chi connectivity index (χ2v) is 5.81. The highest BCUT2D eigenvalue weighted by molar-refractivity contribution is 6.42. The second-order valence-electron chi connectivity index (χ2n) is 4.99. The first kappa shape index (κ1) is 16.8.